The second kappa shape index (κ2) is 9.76. The molecule has 1 unspecified atom stereocenters. The summed E-state index contributed by atoms with van der Waals surface area (Å²) in [5.41, 5.74) is 4.11. The van der Waals surface area contributed by atoms with Gasteiger partial charge in [-0.2, -0.15) is 0 Å². The number of anilines is 2. The summed E-state index contributed by atoms with van der Waals surface area (Å²) < 4.78 is 0. The molecule has 0 aromatic heterocycles. The number of rotatable bonds is 5. The minimum atomic E-state index is 0. The van der Waals surface area contributed by atoms with Crippen LogP contribution >= 0.6 is 0 Å². The van der Waals surface area contributed by atoms with Crippen molar-refractivity contribution in [2.24, 2.45) is 0 Å². The Balaban J connectivity index is 0.00000306. The molecule has 1 saturated heterocycles. The smallest absolute Gasteiger partial charge is 0.258 e. The van der Waals surface area contributed by atoms with Crippen molar-refractivity contribution in [3.8, 4) is 0 Å². The first-order chi connectivity index (χ1) is 15.4. The summed E-state index contributed by atoms with van der Waals surface area (Å²) in [6, 6.07) is 16.7. The standard InChI is InChI=1S/C27H35N3O2.H2/c1-20(31)28(2)26-17-18-30(19-26)25-15-13-24(14-16-25)29(3)27(32)23-11-9-22(10-12-23)21-7-5-4-6-8-21;/h9-16,21,26H,4-8,17-19H2,1-3H3;1H. The third-order valence-electron chi connectivity index (χ3n) is 7.35. The van der Waals surface area contributed by atoms with Gasteiger partial charge in [-0.1, -0.05) is 31.4 Å². The van der Waals surface area contributed by atoms with Gasteiger partial charge in [0.25, 0.3) is 5.91 Å². The van der Waals surface area contributed by atoms with Gasteiger partial charge >= 0.3 is 0 Å². The summed E-state index contributed by atoms with van der Waals surface area (Å²) in [6.45, 7) is 3.40. The molecule has 2 amide bonds. The largest absolute Gasteiger partial charge is 0.369 e. The van der Waals surface area contributed by atoms with Crippen molar-refractivity contribution >= 4 is 23.2 Å². The van der Waals surface area contributed by atoms with Crippen LogP contribution in [-0.4, -0.2) is 49.9 Å². The van der Waals surface area contributed by atoms with Gasteiger partial charge in [0, 0.05) is 52.5 Å². The number of hydrogen-bond donors (Lipinski definition) is 0. The van der Waals surface area contributed by atoms with E-state index in [2.05, 4.69) is 29.2 Å². The van der Waals surface area contributed by atoms with Crippen LogP contribution in [0.25, 0.3) is 0 Å². The van der Waals surface area contributed by atoms with Crippen LogP contribution in [0.1, 0.15) is 68.7 Å². The van der Waals surface area contributed by atoms with Gasteiger partial charge in [-0.3, -0.25) is 9.59 Å². The maximum absolute atomic E-state index is 13.0. The van der Waals surface area contributed by atoms with Crippen LogP contribution < -0.4 is 9.80 Å². The molecule has 2 aliphatic rings. The number of likely N-dealkylation sites (N-methyl/N-ethyl adjacent to an activating group) is 1. The summed E-state index contributed by atoms with van der Waals surface area (Å²) in [4.78, 5) is 30.5. The molecule has 1 aliphatic heterocycles. The van der Waals surface area contributed by atoms with Gasteiger partial charge in [0.05, 0.1) is 6.04 Å². The Bertz CT molecular complexity index is 939. The molecule has 0 spiro atoms. The van der Waals surface area contributed by atoms with E-state index in [1.165, 1.54) is 37.7 Å². The zero-order valence-corrected chi connectivity index (χ0v) is 19.6. The molecule has 1 saturated carbocycles. The minimum absolute atomic E-state index is 0. The molecule has 5 nitrogen and oxygen atoms in total. The molecule has 4 rings (SSSR count). The Morgan fingerprint density at radius 3 is 2.19 bits per heavy atom. The molecular formula is C27H37N3O2. The predicted octanol–water partition coefficient (Wildman–Crippen LogP) is 5.31. The normalized spacial score (nSPS) is 19.1. The van der Waals surface area contributed by atoms with Crippen molar-refractivity contribution in [1.29, 1.82) is 0 Å². The number of amides is 2. The number of carbonyl (C=O) groups excluding carboxylic acids is 2. The van der Waals surface area contributed by atoms with Crippen LogP contribution in [0.2, 0.25) is 0 Å². The monoisotopic (exact) mass is 435 g/mol. The molecule has 2 fully saturated rings. The Morgan fingerprint density at radius 1 is 0.906 bits per heavy atom. The van der Waals surface area contributed by atoms with Crippen molar-refractivity contribution < 1.29 is 11.0 Å². The zero-order valence-electron chi connectivity index (χ0n) is 19.6. The maximum Gasteiger partial charge on any atom is 0.258 e. The first kappa shape index (κ1) is 22.4. The van der Waals surface area contributed by atoms with Gasteiger partial charge in [-0.05, 0) is 67.1 Å². The Kier molecular flexibility index (Phi) is 6.83. The topological polar surface area (TPSA) is 43.9 Å². The van der Waals surface area contributed by atoms with Crippen molar-refractivity contribution in [3.63, 3.8) is 0 Å². The fraction of sp³-hybridized carbons (Fsp3) is 0.481. The molecule has 0 radical (unpaired) electrons. The van der Waals surface area contributed by atoms with Crippen molar-refractivity contribution in [2.45, 2.75) is 57.4 Å². The van der Waals surface area contributed by atoms with Gasteiger partial charge in [-0.15, -0.1) is 0 Å². The highest BCUT2D eigenvalue weighted by atomic mass is 16.2. The van der Waals surface area contributed by atoms with Gasteiger partial charge in [0.1, 0.15) is 0 Å². The maximum atomic E-state index is 13.0. The Hall–Kier alpha value is -2.82. The van der Waals surface area contributed by atoms with Gasteiger partial charge in [0.15, 0.2) is 0 Å². The van der Waals surface area contributed by atoms with Gasteiger partial charge in [0.2, 0.25) is 5.91 Å². The number of benzene rings is 2. The Morgan fingerprint density at radius 2 is 1.56 bits per heavy atom. The van der Waals surface area contributed by atoms with E-state index < -0.39 is 0 Å². The SMILES string of the molecule is CC(=O)N(C)C1CCN(c2ccc(N(C)C(=O)c3ccc(C4CCCCC4)cc3)cc2)C1.[HH]. The molecule has 0 bridgehead atoms. The third kappa shape index (κ3) is 4.82. The average molecular weight is 436 g/mol. The molecule has 2 aromatic carbocycles. The minimum Gasteiger partial charge on any atom is -0.369 e. The summed E-state index contributed by atoms with van der Waals surface area (Å²) >= 11 is 0. The van der Waals surface area contributed by atoms with Crippen molar-refractivity contribution in [2.75, 3.05) is 37.0 Å². The molecule has 172 valence electrons. The summed E-state index contributed by atoms with van der Waals surface area (Å²) in [5.74, 6) is 0.773. The highest BCUT2D eigenvalue weighted by molar-refractivity contribution is 6.05. The van der Waals surface area contributed by atoms with E-state index in [0.29, 0.717) is 5.92 Å². The predicted molar refractivity (Wildman–Crippen MR) is 133 cm³/mol. The van der Waals surface area contributed by atoms with Crippen LogP contribution in [0, 0.1) is 0 Å². The lowest BCUT2D eigenvalue weighted by Gasteiger charge is -2.25. The van der Waals surface area contributed by atoms with E-state index in [4.69, 9.17) is 0 Å². The van der Waals surface area contributed by atoms with E-state index in [0.717, 1.165) is 36.4 Å². The van der Waals surface area contributed by atoms with E-state index >= 15 is 0 Å². The fourth-order valence-electron chi connectivity index (χ4n) is 5.08. The highest BCUT2D eigenvalue weighted by Crippen LogP contribution is 2.33. The number of nitrogens with zero attached hydrogens (tertiary/aromatic N) is 3. The fourth-order valence-corrected chi connectivity index (χ4v) is 5.08. The molecular weight excluding hydrogens is 398 g/mol. The van der Waals surface area contributed by atoms with E-state index in [9.17, 15) is 9.59 Å². The number of carbonyl (C=O) groups is 2. The van der Waals surface area contributed by atoms with Crippen molar-refractivity contribution in [1.82, 2.24) is 4.90 Å². The van der Waals surface area contributed by atoms with Gasteiger partial charge in [-0.25, -0.2) is 0 Å². The third-order valence-corrected chi connectivity index (χ3v) is 7.35. The zero-order chi connectivity index (χ0) is 22.7. The van der Waals surface area contributed by atoms with Crippen LogP contribution in [0.15, 0.2) is 48.5 Å². The summed E-state index contributed by atoms with van der Waals surface area (Å²) in [5, 5.41) is 0. The second-order valence-electron chi connectivity index (χ2n) is 9.36. The van der Waals surface area contributed by atoms with E-state index in [1.807, 2.05) is 43.3 Å². The average Bonchev–Trinajstić information content (AvgIpc) is 3.33. The molecule has 1 atom stereocenters. The highest BCUT2D eigenvalue weighted by Gasteiger charge is 2.27. The molecule has 5 heteroatoms. The second-order valence-corrected chi connectivity index (χ2v) is 9.36. The molecule has 0 N–H and O–H groups in total. The van der Waals surface area contributed by atoms with Crippen LogP contribution in [0.3, 0.4) is 0 Å². The first-order valence-electron chi connectivity index (χ1n) is 11.9. The van der Waals surface area contributed by atoms with Crippen LogP contribution in [0.5, 0.6) is 0 Å². The summed E-state index contributed by atoms with van der Waals surface area (Å²) in [6.07, 6.45) is 7.49. The molecule has 1 aliphatic carbocycles. The van der Waals surface area contributed by atoms with E-state index in [-0.39, 0.29) is 19.3 Å². The number of hydrogen-bond acceptors (Lipinski definition) is 3. The van der Waals surface area contributed by atoms with Gasteiger partial charge < -0.3 is 14.7 Å². The van der Waals surface area contributed by atoms with Crippen LogP contribution in [0.4, 0.5) is 11.4 Å². The lowest BCUT2D eigenvalue weighted by atomic mass is 9.84. The quantitative estimate of drug-likeness (QED) is 0.639. The molecule has 1 heterocycles. The molecule has 32 heavy (non-hydrogen) atoms. The Labute approximate surface area is 193 Å². The summed E-state index contributed by atoms with van der Waals surface area (Å²) in [7, 11) is 3.71. The lowest BCUT2D eigenvalue weighted by Crippen LogP contribution is -2.37. The first-order valence-corrected chi connectivity index (χ1v) is 11.9. The lowest BCUT2D eigenvalue weighted by molar-refractivity contribution is -0.129. The van der Waals surface area contributed by atoms with E-state index in [1.54, 1.807) is 11.8 Å². The molecule has 2 aromatic rings. The van der Waals surface area contributed by atoms with Crippen molar-refractivity contribution in [3.05, 3.63) is 59.7 Å². The van der Waals surface area contributed by atoms with Crippen LogP contribution in [-0.2, 0) is 4.79 Å².